The van der Waals surface area contributed by atoms with Crippen LogP contribution in [0, 0.1) is 27.7 Å². The fourth-order valence-corrected chi connectivity index (χ4v) is 3.92. The number of aryl methyl sites for hydroxylation is 4. The number of aromatic nitrogens is 4. The van der Waals surface area contributed by atoms with Crippen LogP contribution in [-0.4, -0.2) is 37.5 Å². The predicted octanol–water partition coefficient (Wildman–Crippen LogP) is 4.13. The number of carbonyl (C=O) groups excluding carboxylic acids is 1. The normalized spacial score (nSPS) is 16.8. The lowest BCUT2D eigenvalue weighted by atomic mass is 9.99. The van der Waals surface area contributed by atoms with Crippen LogP contribution in [0.3, 0.4) is 0 Å². The zero-order chi connectivity index (χ0) is 20.5. The van der Waals surface area contributed by atoms with Gasteiger partial charge in [-0.15, -0.1) is 0 Å². The van der Waals surface area contributed by atoms with Crippen LogP contribution in [-0.2, 0) is 0 Å². The van der Waals surface area contributed by atoms with E-state index >= 15 is 0 Å². The molecule has 1 saturated heterocycles. The molecule has 7 nitrogen and oxygen atoms in total. The van der Waals surface area contributed by atoms with Gasteiger partial charge in [0.25, 0.3) is 5.91 Å². The quantitative estimate of drug-likeness (QED) is 0.667. The number of piperidine rings is 1. The van der Waals surface area contributed by atoms with E-state index in [2.05, 4.69) is 10.1 Å². The first-order chi connectivity index (χ1) is 13.9. The summed E-state index contributed by atoms with van der Waals surface area (Å²) < 4.78 is 5.32. The molecule has 1 atom stereocenters. The fourth-order valence-electron chi connectivity index (χ4n) is 3.92. The molecular formula is C22H25N5O2. The summed E-state index contributed by atoms with van der Waals surface area (Å²) >= 11 is 0. The fraction of sp³-hybridized carbons (Fsp3) is 0.409. The van der Waals surface area contributed by atoms with E-state index < -0.39 is 0 Å². The van der Waals surface area contributed by atoms with Gasteiger partial charge in [-0.3, -0.25) is 9.78 Å². The molecule has 1 aliphatic heterocycles. The van der Waals surface area contributed by atoms with Crippen molar-refractivity contribution in [3.63, 3.8) is 0 Å². The molecule has 0 saturated carbocycles. The average molecular weight is 391 g/mol. The van der Waals surface area contributed by atoms with Crippen LogP contribution in [0.4, 0.5) is 0 Å². The van der Waals surface area contributed by atoms with Gasteiger partial charge in [-0.25, -0.2) is 9.97 Å². The van der Waals surface area contributed by atoms with E-state index in [0.717, 1.165) is 53.4 Å². The molecular weight excluding hydrogens is 366 g/mol. The maximum atomic E-state index is 13.2. The van der Waals surface area contributed by atoms with Gasteiger partial charge < -0.3 is 9.42 Å². The molecule has 1 fully saturated rings. The van der Waals surface area contributed by atoms with E-state index in [1.165, 1.54) is 0 Å². The third-order valence-corrected chi connectivity index (χ3v) is 5.38. The van der Waals surface area contributed by atoms with E-state index in [0.29, 0.717) is 17.9 Å². The first-order valence-corrected chi connectivity index (χ1v) is 9.96. The molecule has 29 heavy (non-hydrogen) atoms. The second-order valence-corrected chi connectivity index (χ2v) is 7.65. The smallest absolute Gasteiger partial charge is 0.256 e. The summed E-state index contributed by atoms with van der Waals surface area (Å²) in [7, 11) is 0. The number of rotatable bonds is 3. The zero-order valence-corrected chi connectivity index (χ0v) is 17.3. The second-order valence-electron chi connectivity index (χ2n) is 7.65. The molecule has 3 aromatic heterocycles. The summed E-state index contributed by atoms with van der Waals surface area (Å²) in [6, 6.07) is 5.49. The van der Waals surface area contributed by atoms with Crippen molar-refractivity contribution in [2.45, 2.75) is 53.0 Å². The molecule has 0 bridgehead atoms. The zero-order valence-electron chi connectivity index (χ0n) is 17.3. The van der Waals surface area contributed by atoms with Crippen LogP contribution < -0.4 is 0 Å². The molecule has 1 unspecified atom stereocenters. The SMILES string of the molecule is Cc1ccc(C(=O)N2CCCCC2c2nc(C)cc(-c3c(C)noc3C)n2)cn1. The summed E-state index contributed by atoms with van der Waals surface area (Å²) in [6.07, 6.45) is 4.51. The van der Waals surface area contributed by atoms with Gasteiger partial charge in [0.15, 0.2) is 5.82 Å². The molecule has 4 rings (SSSR count). The Labute approximate surface area is 170 Å². The molecule has 150 valence electrons. The summed E-state index contributed by atoms with van der Waals surface area (Å²) in [5, 5.41) is 4.05. The van der Waals surface area contributed by atoms with Gasteiger partial charge in [0, 0.05) is 24.1 Å². The lowest BCUT2D eigenvalue weighted by Crippen LogP contribution is -2.39. The monoisotopic (exact) mass is 391 g/mol. The molecule has 0 N–H and O–H groups in total. The molecule has 1 amide bonds. The molecule has 0 aromatic carbocycles. The standard InChI is InChI=1S/C22H25N5O2/c1-13-8-9-17(12-23-13)22(28)27-10-6-5-7-19(27)21-24-14(2)11-18(25-21)20-15(3)26-29-16(20)4/h8-9,11-12,19H,5-7,10H2,1-4H3. The topological polar surface area (TPSA) is 85.0 Å². The summed E-state index contributed by atoms with van der Waals surface area (Å²) in [5.74, 6) is 1.38. The van der Waals surface area contributed by atoms with Crippen LogP contribution in [0.1, 0.15) is 64.3 Å². The Hall–Kier alpha value is -3.09. The minimum absolute atomic E-state index is 0.0220. The first-order valence-electron chi connectivity index (χ1n) is 9.96. The Morgan fingerprint density at radius 2 is 1.93 bits per heavy atom. The highest BCUT2D eigenvalue weighted by molar-refractivity contribution is 5.94. The number of pyridine rings is 1. The third-order valence-electron chi connectivity index (χ3n) is 5.38. The highest BCUT2D eigenvalue weighted by Gasteiger charge is 2.31. The van der Waals surface area contributed by atoms with E-state index in [1.807, 2.05) is 50.8 Å². The predicted molar refractivity (Wildman–Crippen MR) is 108 cm³/mol. The van der Waals surface area contributed by atoms with Crippen LogP contribution in [0.25, 0.3) is 11.3 Å². The highest BCUT2D eigenvalue weighted by atomic mass is 16.5. The van der Waals surface area contributed by atoms with Gasteiger partial charge >= 0.3 is 0 Å². The first kappa shape index (κ1) is 19.2. The van der Waals surface area contributed by atoms with E-state index in [1.54, 1.807) is 6.20 Å². The second kappa shape index (κ2) is 7.73. The van der Waals surface area contributed by atoms with Gasteiger partial charge in [-0.1, -0.05) is 5.16 Å². The average Bonchev–Trinajstić information content (AvgIpc) is 3.05. The number of hydrogen-bond donors (Lipinski definition) is 0. The van der Waals surface area contributed by atoms with E-state index in [-0.39, 0.29) is 11.9 Å². The van der Waals surface area contributed by atoms with Crippen LogP contribution in [0.15, 0.2) is 28.9 Å². The molecule has 0 radical (unpaired) electrons. The number of likely N-dealkylation sites (tertiary alicyclic amines) is 1. The van der Waals surface area contributed by atoms with Gasteiger partial charge in [0.2, 0.25) is 0 Å². The van der Waals surface area contributed by atoms with Crippen molar-refractivity contribution in [2.75, 3.05) is 6.54 Å². The molecule has 3 aromatic rings. The minimum atomic E-state index is -0.156. The Morgan fingerprint density at radius 1 is 1.10 bits per heavy atom. The van der Waals surface area contributed by atoms with Crippen molar-refractivity contribution in [1.29, 1.82) is 0 Å². The molecule has 7 heteroatoms. The number of carbonyl (C=O) groups is 1. The molecule has 0 aliphatic carbocycles. The lowest BCUT2D eigenvalue weighted by Gasteiger charge is -2.35. The Bertz CT molecular complexity index is 1020. The highest BCUT2D eigenvalue weighted by Crippen LogP contribution is 2.33. The third kappa shape index (κ3) is 3.77. The van der Waals surface area contributed by atoms with Crippen molar-refractivity contribution < 1.29 is 9.32 Å². The lowest BCUT2D eigenvalue weighted by molar-refractivity contribution is 0.0599. The minimum Gasteiger partial charge on any atom is -0.361 e. The number of hydrogen-bond acceptors (Lipinski definition) is 6. The van der Waals surface area contributed by atoms with Crippen molar-refractivity contribution in [3.05, 3.63) is 58.6 Å². The van der Waals surface area contributed by atoms with Crippen molar-refractivity contribution in [1.82, 2.24) is 25.0 Å². The molecule has 1 aliphatic rings. The van der Waals surface area contributed by atoms with Crippen LogP contribution in [0.5, 0.6) is 0 Å². The van der Waals surface area contributed by atoms with Gasteiger partial charge in [0.1, 0.15) is 5.76 Å². The molecule has 4 heterocycles. The summed E-state index contributed by atoms with van der Waals surface area (Å²) in [5.41, 5.74) is 4.84. The van der Waals surface area contributed by atoms with Crippen LogP contribution >= 0.6 is 0 Å². The largest absolute Gasteiger partial charge is 0.361 e. The Morgan fingerprint density at radius 3 is 2.62 bits per heavy atom. The maximum Gasteiger partial charge on any atom is 0.256 e. The van der Waals surface area contributed by atoms with Crippen molar-refractivity contribution in [2.24, 2.45) is 0 Å². The van der Waals surface area contributed by atoms with Crippen LogP contribution in [0.2, 0.25) is 0 Å². The summed E-state index contributed by atoms with van der Waals surface area (Å²) in [6.45, 7) is 8.34. The van der Waals surface area contributed by atoms with Crippen molar-refractivity contribution >= 4 is 5.91 Å². The molecule has 0 spiro atoms. The number of amides is 1. The maximum absolute atomic E-state index is 13.2. The van der Waals surface area contributed by atoms with Gasteiger partial charge in [0.05, 0.1) is 28.6 Å². The van der Waals surface area contributed by atoms with E-state index in [9.17, 15) is 4.79 Å². The van der Waals surface area contributed by atoms with Crippen molar-refractivity contribution in [3.8, 4) is 11.3 Å². The van der Waals surface area contributed by atoms with Gasteiger partial charge in [-0.2, -0.15) is 0 Å². The Balaban J connectivity index is 1.72. The Kier molecular flexibility index (Phi) is 5.13. The van der Waals surface area contributed by atoms with E-state index in [4.69, 9.17) is 14.5 Å². The van der Waals surface area contributed by atoms with Gasteiger partial charge in [-0.05, 0) is 65.2 Å². The summed E-state index contributed by atoms with van der Waals surface area (Å²) in [4.78, 5) is 28.9. The number of nitrogens with zero attached hydrogens (tertiary/aromatic N) is 5.